The Morgan fingerprint density at radius 2 is 2.17 bits per heavy atom. The summed E-state index contributed by atoms with van der Waals surface area (Å²) < 4.78 is 5.25. The highest BCUT2D eigenvalue weighted by molar-refractivity contribution is 5.40. The summed E-state index contributed by atoms with van der Waals surface area (Å²) in [4.78, 5) is 12.5. The van der Waals surface area contributed by atoms with Crippen LogP contribution in [0.2, 0.25) is 0 Å². The van der Waals surface area contributed by atoms with Gasteiger partial charge in [-0.25, -0.2) is 9.97 Å². The maximum atomic E-state index is 5.25. The second kappa shape index (κ2) is 5.22. The van der Waals surface area contributed by atoms with Gasteiger partial charge in [-0.05, 0) is 37.9 Å². The molecule has 1 saturated heterocycles. The van der Waals surface area contributed by atoms with Crippen LogP contribution in [0.3, 0.4) is 0 Å². The van der Waals surface area contributed by atoms with Crippen molar-refractivity contribution in [1.29, 1.82) is 0 Å². The molecule has 1 N–H and O–H groups in total. The minimum Gasteiger partial charge on any atom is -0.339 e. The fraction of sp³-hybridized carbons (Fsp3) is 0.500. The van der Waals surface area contributed by atoms with Gasteiger partial charge in [-0.2, -0.15) is 4.98 Å². The summed E-state index contributed by atoms with van der Waals surface area (Å²) in [6.45, 7) is 2.14. The Labute approximate surface area is 105 Å². The number of nitrogens with one attached hydrogen (secondary N) is 1. The van der Waals surface area contributed by atoms with Gasteiger partial charge in [0.15, 0.2) is 0 Å². The van der Waals surface area contributed by atoms with Gasteiger partial charge in [0.25, 0.3) is 0 Å². The van der Waals surface area contributed by atoms with Gasteiger partial charge in [0.05, 0.1) is 0 Å². The zero-order chi connectivity index (χ0) is 12.2. The maximum Gasteiger partial charge on any atom is 0.240 e. The number of hydrogen-bond acceptors (Lipinski definition) is 6. The van der Waals surface area contributed by atoms with Crippen LogP contribution < -0.4 is 5.32 Å². The summed E-state index contributed by atoms with van der Waals surface area (Å²) in [6, 6.07) is 1.76. The fourth-order valence-electron chi connectivity index (χ4n) is 2.19. The molecule has 1 aliphatic rings. The van der Waals surface area contributed by atoms with Gasteiger partial charge in [0.2, 0.25) is 17.5 Å². The average Bonchev–Trinajstić information content (AvgIpc) is 2.89. The summed E-state index contributed by atoms with van der Waals surface area (Å²) in [5.74, 6) is 2.23. The van der Waals surface area contributed by atoms with Crippen molar-refractivity contribution in [3.8, 4) is 11.6 Å². The molecule has 0 aromatic carbocycles. The van der Waals surface area contributed by atoms with E-state index in [2.05, 4.69) is 25.4 Å². The molecule has 1 unspecified atom stereocenters. The Bertz CT molecular complexity index is 492. The van der Waals surface area contributed by atoms with E-state index in [0.717, 1.165) is 19.5 Å². The highest BCUT2D eigenvalue weighted by Crippen LogP contribution is 2.17. The van der Waals surface area contributed by atoms with E-state index < -0.39 is 0 Å². The van der Waals surface area contributed by atoms with Crippen molar-refractivity contribution in [3.05, 3.63) is 24.4 Å². The largest absolute Gasteiger partial charge is 0.339 e. The molecular weight excluding hydrogens is 230 g/mol. The van der Waals surface area contributed by atoms with Crippen LogP contribution in [0.5, 0.6) is 0 Å². The molecule has 6 nitrogen and oxygen atoms in total. The van der Waals surface area contributed by atoms with Crippen molar-refractivity contribution in [2.24, 2.45) is 5.92 Å². The first kappa shape index (κ1) is 11.3. The van der Waals surface area contributed by atoms with Crippen molar-refractivity contribution in [2.75, 3.05) is 13.1 Å². The van der Waals surface area contributed by atoms with Crippen LogP contribution in [0.4, 0.5) is 0 Å². The summed E-state index contributed by atoms with van der Waals surface area (Å²) in [5, 5.41) is 7.30. The van der Waals surface area contributed by atoms with Gasteiger partial charge in [0.1, 0.15) is 0 Å². The molecule has 0 saturated carbocycles. The summed E-state index contributed by atoms with van der Waals surface area (Å²) in [5.41, 5.74) is 0. The molecule has 2 aromatic heterocycles. The van der Waals surface area contributed by atoms with Gasteiger partial charge in [-0.15, -0.1) is 0 Å². The summed E-state index contributed by atoms with van der Waals surface area (Å²) in [7, 11) is 0. The molecule has 2 aromatic rings. The zero-order valence-corrected chi connectivity index (χ0v) is 10.0. The van der Waals surface area contributed by atoms with Gasteiger partial charge >= 0.3 is 0 Å². The van der Waals surface area contributed by atoms with Crippen LogP contribution in [0.1, 0.15) is 18.7 Å². The second-order valence-electron chi connectivity index (χ2n) is 4.50. The summed E-state index contributed by atoms with van der Waals surface area (Å²) in [6.07, 6.45) is 6.60. The Kier molecular flexibility index (Phi) is 3.27. The number of piperidine rings is 1. The van der Waals surface area contributed by atoms with E-state index in [1.54, 1.807) is 18.5 Å². The van der Waals surface area contributed by atoms with Gasteiger partial charge in [-0.1, -0.05) is 5.16 Å². The van der Waals surface area contributed by atoms with E-state index in [0.29, 0.717) is 23.5 Å². The molecule has 3 rings (SSSR count). The Morgan fingerprint density at radius 3 is 2.94 bits per heavy atom. The highest BCUT2D eigenvalue weighted by Gasteiger charge is 2.18. The lowest BCUT2D eigenvalue weighted by molar-refractivity contribution is 0.316. The minimum absolute atomic E-state index is 0.467. The monoisotopic (exact) mass is 245 g/mol. The van der Waals surface area contributed by atoms with Crippen molar-refractivity contribution in [1.82, 2.24) is 25.4 Å². The van der Waals surface area contributed by atoms with Crippen LogP contribution in [0.25, 0.3) is 11.6 Å². The second-order valence-corrected chi connectivity index (χ2v) is 4.50. The molecular formula is C12H15N5O. The van der Waals surface area contributed by atoms with Gasteiger partial charge in [-0.3, -0.25) is 0 Å². The third-order valence-corrected chi connectivity index (χ3v) is 3.10. The Balaban J connectivity index is 1.69. The van der Waals surface area contributed by atoms with Crippen LogP contribution in [-0.2, 0) is 6.42 Å². The molecule has 0 bridgehead atoms. The van der Waals surface area contributed by atoms with Gasteiger partial charge < -0.3 is 9.84 Å². The number of nitrogens with zero attached hydrogens (tertiary/aromatic N) is 4. The Morgan fingerprint density at radius 1 is 1.28 bits per heavy atom. The molecule has 1 aliphatic heterocycles. The highest BCUT2D eigenvalue weighted by atomic mass is 16.5. The molecule has 3 heterocycles. The first-order valence-corrected chi connectivity index (χ1v) is 6.22. The van der Waals surface area contributed by atoms with Crippen LogP contribution in [0, 0.1) is 5.92 Å². The Hall–Kier alpha value is -1.82. The van der Waals surface area contributed by atoms with Crippen LogP contribution in [0.15, 0.2) is 23.0 Å². The molecule has 0 spiro atoms. The smallest absolute Gasteiger partial charge is 0.240 e. The molecule has 1 fully saturated rings. The lowest BCUT2D eigenvalue weighted by Gasteiger charge is -2.20. The van der Waals surface area contributed by atoms with E-state index in [9.17, 15) is 0 Å². The van der Waals surface area contributed by atoms with E-state index in [1.807, 2.05) is 0 Å². The molecule has 0 amide bonds. The van der Waals surface area contributed by atoms with Crippen molar-refractivity contribution in [3.63, 3.8) is 0 Å². The van der Waals surface area contributed by atoms with E-state index >= 15 is 0 Å². The minimum atomic E-state index is 0.467. The lowest BCUT2D eigenvalue weighted by atomic mass is 9.96. The van der Waals surface area contributed by atoms with Crippen molar-refractivity contribution < 1.29 is 4.52 Å². The molecule has 18 heavy (non-hydrogen) atoms. The normalized spacial score (nSPS) is 19.9. The molecule has 1 atom stereocenters. The molecule has 94 valence electrons. The van der Waals surface area contributed by atoms with Crippen LogP contribution in [-0.4, -0.2) is 33.2 Å². The van der Waals surface area contributed by atoms with E-state index in [4.69, 9.17) is 4.52 Å². The van der Waals surface area contributed by atoms with E-state index in [-0.39, 0.29) is 0 Å². The first-order valence-electron chi connectivity index (χ1n) is 6.22. The molecule has 6 heteroatoms. The van der Waals surface area contributed by atoms with Crippen molar-refractivity contribution >= 4 is 0 Å². The first-order chi connectivity index (χ1) is 8.92. The quantitative estimate of drug-likeness (QED) is 0.871. The standard InChI is InChI=1S/C12H15N5O/c1-3-9(8-13-4-1)7-10-16-12(17-18-10)11-14-5-2-6-15-11/h2,5-6,9,13H,1,3-4,7-8H2. The topological polar surface area (TPSA) is 76.7 Å². The number of rotatable bonds is 3. The molecule has 0 aliphatic carbocycles. The number of aromatic nitrogens is 4. The third kappa shape index (κ3) is 2.53. The SMILES string of the molecule is c1cnc(-c2noc(CC3CCCNC3)n2)nc1. The number of hydrogen-bond donors (Lipinski definition) is 1. The van der Waals surface area contributed by atoms with Gasteiger partial charge in [0, 0.05) is 18.8 Å². The predicted octanol–water partition coefficient (Wildman–Crippen LogP) is 1.07. The van der Waals surface area contributed by atoms with E-state index in [1.165, 1.54) is 12.8 Å². The van der Waals surface area contributed by atoms with Crippen LogP contribution >= 0.6 is 0 Å². The summed E-state index contributed by atoms with van der Waals surface area (Å²) >= 11 is 0. The predicted molar refractivity (Wildman–Crippen MR) is 64.6 cm³/mol. The third-order valence-electron chi connectivity index (χ3n) is 3.10. The average molecular weight is 245 g/mol. The lowest BCUT2D eigenvalue weighted by Crippen LogP contribution is -2.30. The zero-order valence-electron chi connectivity index (χ0n) is 10.0. The fourth-order valence-corrected chi connectivity index (χ4v) is 2.19. The van der Waals surface area contributed by atoms with Crippen molar-refractivity contribution in [2.45, 2.75) is 19.3 Å². The molecule has 0 radical (unpaired) electrons. The maximum absolute atomic E-state index is 5.25.